The van der Waals surface area contributed by atoms with Crippen molar-refractivity contribution in [3.05, 3.63) is 59.5 Å². The van der Waals surface area contributed by atoms with Gasteiger partial charge < -0.3 is 4.74 Å². The van der Waals surface area contributed by atoms with Gasteiger partial charge in [0, 0.05) is 18.7 Å². The molecule has 2 aromatic rings. The van der Waals surface area contributed by atoms with Crippen molar-refractivity contribution in [2.75, 3.05) is 6.61 Å². The number of aryl methyl sites for hydroxylation is 1. The molecule has 0 saturated heterocycles. The molecule has 2 rings (SSSR count). The first kappa shape index (κ1) is 12.6. The van der Waals surface area contributed by atoms with E-state index in [1.54, 1.807) is 18.3 Å². The molecular weight excluding hydrogens is 229 g/mol. The summed E-state index contributed by atoms with van der Waals surface area (Å²) in [5, 5.41) is 0. The molecule has 0 saturated carbocycles. The van der Waals surface area contributed by atoms with E-state index in [9.17, 15) is 4.39 Å². The minimum atomic E-state index is -0.184. The maximum Gasteiger partial charge on any atom is 0.213 e. The van der Waals surface area contributed by atoms with Gasteiger partial charge in [0.05, 0.1) is 6.61 Å². The highest BCUT2D eigenvalue weighted by atomic mass is 19.1. The fraction of sp³-hybridized carbons (Fsp3) is 0.267. The standard InChI is InChI=1S/C15H16FNO/c1-2-12-7-9-17-15(11-12)18-10-8-13-5-3-4-6-14(13)16/h3-7,9,11H,2,8,10H2,1H3. The van der Waals surface area contributed by atoms with Crippen LogP contribution in [0.1, 0.15) is 18.1 Å². The molecule has 1 heterocycles. The number of hydrogen-bond acceptors (Lipinski definition) is 2. The van der Waals surface area contributed by atoms with Crippen LogP contribution in [0.4, 0.5) is 4.39 Å². The van der Waals surface area contributed by atoms with Crippen LogP contribution in [0, 0.1) is 5.82 Å². The van der Waals surface area contributed by atoms with Crippen molar-refractivity contribution in [1.82, 2.24) is 4.98 Å². The first-order valence-corrected chi connectivity index (χ1v) is 6.10. The number of rotatable bonds is 5. The van der Waals surface area contributed by atoms with E-state index < -0.39 is 0 Å². The summed E-state index contributed by atoms with van der Waals surface area (Å²) in [4.78, 5) is 4.12. The average molecular weight is 245 g/mol. The highest BCUT2D eigenvalue weighted by Gasteiger charge is 2.02. The Balaban J connectivity index is 1.90. The second-order valence-corrected chi connectivity index (χ2v) is 4.05. The molecule has 0 fully saturated rings. The number of nitrogens with zero attached hydrogens (tertiary/aromatic N) is 1. The van der Waals surface area contributed by atoms with Gasteiger partial charge in [0.15, 0.2) is 0 Å². The monoisotopic (exact) mass is 245 g/mol. The molecule has 0 amide bonds. The number of ether oxygens (including phenoxy) is 1. The molecule has 0 atom stereocenters. The van der Waals surface area contributed by atoms with Crippen molar-refractivity contribution in [2.45, 2.75) is 19.8 Å². The van der Waals surface area contributed by atoms with E-state index in [2.05, 4.69) is 11.9 Å². The maximum atomic E-state index is 13.4. The van der Waals surface area contributed by atoms with Crippen molar-refractivity contribution < 1.29 is 9.13 Å². The Morgan fingerprint density at radius 2 is 2.06 bits per heavy atom. The van der Waals surface area contributed by atoms with Crippen molar-refractivity contribution in [2.24, 2.45) is 0 Å². The van der Waals surface area contributed by atoms with Gasteiger partial charge in [0.25, 0.3) is 0 Å². The first-order chi connectivity index (χ1) is 8.79. The Morgan fingerprint density at radius 3 is 2.83 bits per heavy atom. The van der Waals surface area contributed by atoms with E-state index in [0.29, 0.717) is 24.5 Å². The van der Waals surface area contributed by atoms with Gasteiger partial charge in [-0.05, 0) is 29.7 Å². The summed E-state index contributed by atoms with van der Waals surface area (Å²) in [5.41, 5.74) is 1.86. The Bertz CT molecular complexity index is 513. The van der Waals surface area contributed by atoms with E-state index in [-0.39, 0.29) is 5.82 Å². The third kappa shape index (κ3) is 3.29. The Hall–Kier alpha value is -1.90. The van der Waals surface area contributed by atoms with Crippen LogP contribution in [-0.2, 0) is 12.8 Å². The topological polar surface area (TPSA) is 22.1 Å². The maximum absolute atomic E-state index is 13.4. The molecule has 0 spiro atoms. The second kappa shape index (κ2) is 6.15. The lowest BCUT2D eigenvalue weighted by atomic mass is 10.1. The molecule has 0 aliphatic carbocycles. The summed E-state index contributed by atoms with van der Waals surface area (Å²) in [6.45, 7) is 2.51. The van der Waals surface area contributed by atoms with Crippen LogP contribution in [0.5, 0.6) is 5.88 Å². The lowest BCUT2D eigenvalue weighted by Gasteiger charge is -2.07. The van der Waals surface area contributed by atoms with E-state index >= 15 is 0 Å². The summed E-state index contributed by atoms with van der Waals surface area (Å²) in [6.07, 6.45) is 3.23. The zero-order valence-corrected chi connectivity index (χ0v) is 10.4. The van der Waals surface area contributed by atoms with Crippen molar-refractivity contribution in [1.29, 1.82) is 0 Å². The van der Waals surface area contributed by atoms with Crippen LogP contribution in [0.3, 0.4) is 0 Å². The van der Waals surface area contributed by atoms with Gasteiger partial charge in [-0.2, -0.15) is 0 Å². The van der Waals surface area contributed by atoms with Crippen LogP contribution in [0.2, 0.25) is 0 Å². The molecule has 1 aromatic carbocycles. The lowest BCUT2D eigenvalue weighted by molar-refractivity contribution is 0.307. The van der Waals surface area contributed by atoms with Gasteiger partial charge in [-0.25, -0.2) is 9.37 Å². The van der Waals surface area contributed by atoms with Gasteiger partial charge in [-0.3, -0.25) is 0 Å². The fourth-order valence-electron chi connectivity index (χ4n) is 1.72. The second-order valence-electron chi connectivity index (χ2n) is 4.05. The minimum absolute atomic E-state index is 0.184. The summed E-state index contributed by atoms with van der Waals surface area (Å²) >= 11 is 0. The third-order valence-corrected chi connectivity index (χ3v) is 2.79. The molecular formula is C15H16FNO. The normalized spacial score (nSPS) is 10.3. The fourth-order valence-corrected chi connectivity index (χ4v) is 1.72. The number of aromatic nitrogens is 1. The first-order valence-electron chi connectivity index (χ1n) is 6.10. The Labute approximate surface area is 106 Å². The van der Waals surface area contributed by atoms with E-state index in [0.717, 1.165) is 6.42 Å². The number of pyridine rings is 1. The van der Waals surface area contributed by atoms with E-state index in [1.807, 2.05) is 18.2 Å². The minimum Gasteiger partial charge on any atom is -0.477 e. The summed E-state index contributed by atoms with van der Waals surface area (Å²) in [5.74, 6) is 0.419. The van der Waals surface area contributed by atoms with E-state index in [4.69, 9.17) is 4.74 Å². The van der Waals surface area contributed by atoms with Gasteiger partial charge in [-0.15, -0.1) is 0 Å². The predicted molar refractivity (Wildman–Crippen MR) is 69.2 cm³/mol. The molecule has 18 heavy (non-hydrogen) atoms. The summed E-state index contributed by atoms with van der Waals surface area (Å²) in [6, 6.07) is 10.6. The lowest BCUT2D eigenvalue weighted by Crippen LogP contribution is -2.04. The largest absolute Gasteiger partial charge is 0.477 e. The van der Waals surface area contributed by atoms with Gasteiger partial charge in [-0.1, -0.05) is 25.1 Å². The highest BCUT2D eigenvalue weighted by Crippen LogP contribution is 2.11. The molecule has 94 valence electrons. The molecule has 0 aliphatic rings. The molecule has 1 aromatic heterocycles. The van der Waals surface area contributed by atoms with Gasteiger partial charge in [0.2, 0.25) is 5.88 Å². The van der Waals surface area contributed by atoms with Gasteiger partial charge in [0.1, 0.15) is 5.82 Å². The molecule has 0 N–H and O–H groups in total. The molecule has 3 heteroatoms. The zero-order valence-electron chi connectivity index (χ0n) is 10.4. The molecule has 0 bridgehead atoms. The van der Waals surface area contributed by atoms with Gasteiger partial charge >= 0.3 is 0 Å². The quantitative estimate of drug-likeness (QED) is 0.805. The van der Waals surface area contributed by atoms with Crippen LogP contribution in [-0.4, -0.2) is 11.6 Å². The predicted octanol–water partition coefficient (Wildman–Crippen LogP) is 3.40. The van der Waals surface area contributed by atoms with Crippen LogP contribution in [0.15, 0.2) is 42.6 Å². The molecule has 0 radical (unpaired) electrons. The number of hydrogen-bond donors (Lipinski definition) is 0. The molecule has 2 nitrogen and oxygen atoms in total. The number of benzene rings is 1. The van der Waals surface area contributed by atoms with Crippen molar-refractivity contribution in [3.8, 4) is 5.88 Å². The summed E-state index contributed by atoms with van der Waals surface area (Å²) < 4.78 is 18.9. The molecule has 0 unspecified atom stereocenters. The van der Waals surface area contributed by atoms with Crippen LogP contribution >= 0.6 is 0 Å². The zero-order chi connectivity index (χ0) is 12.8. The SMILES string of the molecule is CCc1ccnc(OCCc2ccccc2F)c1. The van der Waals surface area contributed by atoms with Crippen molar-refractivity contribution >= 4 is 0 Å². The summed E-state index contributed by atoms with van der Waals surface area (Å²) in [7, 11) is 0. The number of halogens is 1. The smallest absolute Gasteiger partial charge is 0.213 e. The Kier molecular flexibility index (Phi) is 4.29. The van der Waals surface area contributed by atoms with Crippen molar-refractivity contribution in [3.63, 3.8) is 0 Å². The van der Waals surface area contributed by atoms with Crippen LogP contribution < -0.4 is 4.74 Å². The highest BCUT2D eigenvalue weighted by molar-refractivity contribution is 5.21. The Morgan fingerprint density at radius 1 is 1.22 bits per heavy atom. The van der Waals surface area contributed by atoms with E-state index in [1.165, 1.54) is 11.6 Å². The molecule has 0 aliphatic heterocycles. The average Bonchev–Trinajstić information content (AvgIpc) is 2.41. The van der Waals surface area contributed by atoms with Crippen LogP contribution in [0.25, 0.3) is 0 Å². The third-order valence-electron chi connectivity index (χ3n) is 2.79.